The Morgan fingerprint density at radius 1 is 1.38 bits per heavy atom. The largest absolute Gasteiger partial charge is 0.358 e. The lowest BCUT2D eigenvalue weighted by Gasteiger charge is -2.04. The summed E-state index contributed by atoms with van der Waals surface area (Å²) >= 11 is 0. The van der Waals surface area contributed by atoms with Crippen LogP contribution >= 0.6 is 0 Å². The molecule has 3 aromatic rings. The fourth-order valence-corrected chi connectivity index (χ4v) is 2.45. The van der Waals surface area contributed by atoms with Crippen molar-refractivity contribution in [2.24, 2.45) is 7.05 Å². The molecule has 2 N–H and O–H groups in total. The summed E-state index contributed by atoms with van der Waals surface area (Å²) in [6.45, 7) is 4.58. The second-order valence-corrected chi connectivity index (χ2v) is 5.34. The van der Waals surface area contributed by atoms with Crippen LogP contribution in [0.3, 0.4) is 0 Å². The van der Waals surface area contributed by atoms with Gasteiger partial charge in [-0.3, -0.25) is 9.48 Å². The molecule has 21 heavy (non-hydrogen) atoms. The van der Waals surface area contributed by atoms with E-state index >= 15 is 0 Å². The number of rotatable bonds is 3. The topological polar surface area (TPSA) is 62.7 Å². The summed E-state index contributed by atoms with van der Waals surface area (Å²) in [5, 5.41) is 8.10. The van der Waals surface area contributed by atoms with Gasteiger partial charge in [-0.15, -0.1) is 0 Å². The van der Waals surface area contributed by atoms with Gasteiger partial charge in [-0.2, -0.15) is 5.10 Å². The Labute approximate surface area is 123 Å². The Morgan fingerprint density at radius 3 is 2.90 bits per heavy atom. The van der Waals surface area contributed by atoms with Crippen molar-refractivity contribution in [1.82, 2.24) is 20.1 Å². The fraction of sp³-hybridized carbons (Fsp3) is 0.250. The number of hydrogen-bond donors (Lipinski definition) is 2. The van der Waals surface area contributed by atoms with Gasteiger partial charge in [-0.25, -0.2) is 0 Å². The number of nitrogens with one attached hydrogen (secondary N) is 2. The summed E-state index contributed by atoms with van der Waals surface area (Å²) in [5.41, 5.74) is 5.05. The Hall–Kier alpha value is -2.56. The number of amides is 1. The van der Waals surface area contributed by atoms with Crippen molar-refractivity contribution < 1.29 is 4.79 Å². The highest BCUT2D eigenvalue weighted by atomic mass is 16.1. The summed E-state index contributed by atoms with van der Waals surface area (Å²) < 4.78 is 1.72. The van der Waals surface area contributed by atoms with Gasteiger partial charge in [0, 0.05) is 47.5 Å². The molecule has 0 saturated heterocycles. The minimum atomic E-state index is -0.0704. The van der Waals surface area contributed by atoms with Crippen LogP contribution < -0.4 is 5.32 Å². The van der Waals surface area contributed by atoms with Gasteiger partial charge in [-0.05, 0) is 37.6 Å². The quantitative estimate of drug-likeness (QED) is 0.775. The van der Waals surface area contributed by atoms with Gasteiger partial charge >= 0.3 is 0 Å². The van der Waals surface area contributed by atoms with Gasteiger partial charge in [0.1, 0.15) is 0 Å². The van der Waals surface area contributed by atoms with Crippen molar-refractivity contribution in [3.63, 3.8) is 0 Å². The number of fused-ring (bicyclic) bond motifs is 1. The molecule has 5 nitrogen and oxygen atoms in total. The van der Waals surface area contributed by atoms with E-state index in [9.17, 15) is 4.79 Å². The molecule has 1 aromatic carbocycles. The van der Waals surface area contributed by atoms with E-state index in [1.165, 1.54) is 5.56 Å². The molecule has 2 heterocycles. The van der Waals surface area contributed by atoms with Crippen LogP contribution in [0.1, 0.15) is 27.2 Å². The average Bonchev–Trinajstić information content (AvgIpc) is 3.01. The molecule has 0 aliphatic heterocycles. The number of H-pyrrole nitrogens is 1. The Kier molecular flexibility index (Phi) is 3.25. The molecule has 0 fully saturated rings. The summed E-state index contributed by atoms with van der Waals surface area (Å²) in [6, 6.07) is 5.73. The van der Waals surface area contributed by atoms with Gasteiger partial charge in [0.05, 0.1) is 6.20 Å². The molecule has 1 amide bonds. The van der Waals surface area contributed by atoms with E-state index in [1.807, 2.05) is 38.4 Å². The van der Waals surface area contributed by atoms with Crippen LogP contribution in [0.2, 0.25) is 0 Å². The number of aryl methyl sites for hydroxylation is 3. The Bertz CT molecular complexity index is 813. The minimum absolute atomic E-state index is 0.0704. The summed E-state index contributed by atoms with van der Waals surface area (Å²) in [7, 11) is 1.86. The molecule has 0 spiro atoms. The molecule has 2 aromatic heterocycles. The first kappa shape index (κ1) is 13.4. The lowest BCUT2D eigenvalue weighted by molar-refractivity contribution is 0.0951. The SMILES string of the molecule is Cc1[nH]c2ccc(C(=O)NCc3cnn(C)c3)cc2c1C. The maximum absolute atomic E-state index is 12.2. The average molecular weight is 282 g/mol. The van der Waals surface area contributed by atoms with E-state index in [4.69, 9.17) is 0 Å². The number of aromatic nitrogens is 3. The second kappa shape index (κ2) is 5.09. The Morgan fingerprint density at radius 2 is 2.19 bits per heavy atom. The standard InChI is InChI=1S/C16H18N4O/c1-10-11(2)19-15-5-4-13(6-14(10)15)16(21)17-7-12-8-18-20(3)9-12/h4-6,8-9,19H,7H2,1-3H3,(H,17,21). The predicted molar refractivity (Wildman–Crippen MR) is 82.2 cm³/mol. The number of hydrogen-bond acceptors (Lipinski definition) is 2. The van der Waals surface area contributed by atoms with Crippen molar-refractivity contribution in [1.29, 1.82) is 0 Å². The monoisotopic (exact) mass is 282 g/mol. The number of nitrogens with zero attached hydrogens (tertiary/aromatic N) is 2. The first-order valence-electron chi connectivity index (χ1n) is 6.89. The number of aromatic amines is 1. The highest BCUT2D eigenvalue weighted by Gasteiger charge is 2.10. The molecular formula is C16H18N4O. The minimum Gasteiger partial charge on any atom is -0.358 e. The third-order valence-corrected chi connectivity index (χ3v) is 3.78. The molecule has 3 rings (SSSR count). The number of carbonyl (C=O) groups excluding carboxylic acids is 1. The van der Waals surface area contributed by atoms with Crippen LogP contribution in [0.25, 0.3) is 10.9 Å². The summed E-state index contributed by atoms with van der Waals surface area (Å²) in [4.78, 5) is 15.5. The van der Waals surface area contributed by atoms with E-state index < -0.39 is 0 Å². The van der Waals surface area contributed by atoms with Crippen molar-refractivity contribution in [3.05, 3.63) is 53.0 Å². The first-order chi connectivity index (χ1) is 10.0. The molecule has 0 saturated carbocycles. The third kappa shape index (κ3) is 2.54. The molecule has 0 atom stereocenters. The summed E-state index contributed by atoms with van der Waals surface area (Å²) in [5.74, 6) is -0.0704. The maximum Gasteiger partial charge on any atom is 0.251 e. The van der Waals surface area contributed by atoms with E-state index in [1.54, 1.807) is 10.9 Å². The van der Waals surface area contributed by atoms with E-state index in [0.717, 1.165) is 22.2 Å². The molecular weight excluding hydrogens is 264 g/mol. The third-order valence-electron chi connectivity index (χ3n) is 3.78. The normalized spacial score (nSPS) is 11.0. The van der Waals surface area contributed by atoms with E-state index in [-0.39, 0.29) is 5.91 Å². The lowest BCUT2D eigenvalue weighted by atomic mass is 10.1. The molecule has 5 heteroatoms. The maximum atomic E-state index is 12.2. The Balaban J connectivity index is 1.79. The molecule has 108 valence electrons. The first-order valence-corrected chi connectivity index (χ1v) is 6.89. The van der Waals surface area contributed by atoms with Crippen LogP contribution in [-0.2, 0) is 13.6 Å². The van der Waals surface area contributed by atoms with Crippen molar-refractivity contribution in [3.8, 4) is 0 Å². The van der Waals surface area contributed by atoms with Crippen LogP contribution in [0.5, 0.6) is 0 Å². The van der Waals surface area contributed by atoms with Crippen LogP contribution in [0, 0.1) is 13.8 Å². The zero-order chi connectivity index (χ0) is 15.0. The zero-order valence-electron chi connectivity index (χ0n) is 12.4. The molecule has 0 aliphatic rings. The van der Waals surface area contributed by atoms with E-state index in [0.29, 0.717) is 12.1 Å². The molecule has 0 bridgehead atoms. The second-order valence-electron chi connectivity index (χ2n) is 5.34. The van der Waals surface area contributed by atoms with Gasteiger partial charge in [0.25, 0.3) is 5.91 Å². The number of benzene rings is 1. The van der Waals surface area contributed by atoms with Gasteiger partial charge in [0.2, 0.25) is 0 Å². The highest BCUT2D eigenvalue weighted by molar-refractivity contribution is 5.99. The zero-order valence-corrected chi connectivity index (χ0v) is 12.4. The highest BCUT2D eigenvalue weighted by Crippen LogP contribution is 2.22. The van der Waals surface area contributed by atoms with E-state index in [2.05, 4.69) is 22.3 Å². The number of carbonyl (C=O) groups is 1. The van der Waals surface area contributed by atoms with Gasteiger partial charge in [-0.1, -0.05) is 0 Å². The smallest absolute Gasteiger partial charge is 0.251 e. The molecule has 0 radical (unpaired) electrons. The van der Waals surface area contributed by atoms with Crippen LogP contribution in [0.4, 0.5) is 0 Å². The van der Waals surface area contributed by atoms with Crippen LogP contribution in [-0.4, -0.2) is 20.7 Å². The van der Waals surface area contributed by atoms with Crippen LogP contribution in [0.15, 0.2) is 30.6 Å². The molecule has 0 unspecified atom stereocenters. The fourth-order valence-electron chi connectivity index (χ4n) is 2.45. The van der Waals surface area contributed by atoms with Gasteiger partial charge < -0.3 is 10.3 Å². The lowest BCUT2D eigenvalue weighted by Crippen LogP contribution is -2.22. The van der Waals surface area contributed by atoms with Crippen molar-refractivity contribution >= 4 is 16.8 Å². The van der Waals surface area contributed by atoms with Gasteiger partial charge in [0.15, 0.2) is 0 Å². The predicted octanol–water partition coefficient (Wildman–Crippen LogP) is 2.45. The van der Waals surface area contributed by atoms with Crippen molar-refractivity contribution in [2.45, 2.75) is 20.4 Å². The van der Waals surface area contributed by atoms with Crippen molar-refractivity contribution in [2.75, 3.05) is 0 Å². The summed E-state index contributed by atoms with van der Waals surface area (Å²) in [6.07, 6.45) is 3.65. The molecule has 0 aliphatic carbocycles.